The van der Waals surface area contributed by atoms with E-state index in [2.05, 4.69) is 5.10 Å². The van der Waals surface area contributed by atoms with E-state index in [0.29, 0.717) is 0 Å². The molecule has 0 spiro atoms. The molecule has 0 amide bonds. The lowest BCUT2D eigenvalue weighted by atomic mass is 10.2. The molecule has 0 aliphatic heterocycles. The van der Waals surface area contributed by atoms with Crippen molar-refractivity contribution in [3.8, 4) is 0 Å². The summed E-state index contributed by atoms with van der Waals surface area (Å²) in [5, 5.41) is 13.1. The number of benzene rings is 1. The first-order valence-corrected chi connectivity index (χ1v) is 7.62. The van der Waals surface area contributed by atoms with Crippen LogP contribution >= 0.6 is 0 Å². The van der Waals surface area contributed by atoms with Crippen LogP contribution in [0.15, 0.2) is 47.6 Å². The zero-order valence-corrected chi connectivity index (χ0v) is 12.0. The molecule has 0 aliphatic rings. The van der Waals surface area contributed by atoms with Crippen LogP contribution in [0, 0.1) is 0 Å². The molecule has 2 aromatic rings. The van der Waals surface area contributed by atoms with E-state index in [9.17, 15) is 8.42 Å². The van der Waals surface area contributed by atoms with Crippen molar-refractivity contribution < 1.29 is 13.5 Å². The average molecular weight is 295 g/mol. The van der Waals surface area contributed by atoms with E-state index in [1.807, 2.05) is 30.3 Å². The topological polar surface area (TPSA) is 75.4 Å². The summed E-state index contributed by atoms with van der Waals surface area (Å²) in [6.07, 6.45) is 1.44. The lowest BCUT2D eigenvalue weighted by molar-refractivity contribution is 0.250. The molecule has 0 atom stereocenters. The van der Waals surface area contributed by atoms with E-state index in [-0.39, 0.29) is 24.7 Å². The smallest absolute Gasteiger partial charge is 0.260 e. The summed E-state index contributed by atoms with van der Waals surface area (Å²) >= 11 is 0. The van der Waals surface area contributed by atoms with Crippen LogP contribution in [0.1, 0.15) is 5.56 Å². The number of aromatic nitrogens is 2. The highest BCUT2D eigenvalue weighted by Gasteiger charge is 2.26. The summed E-state index contributed by atoms with van der Waals surface area (Å²) in [6, 6.07) is 10.7. The Labute approximate surface area is 118 Å². The molecule has 0 fully saturated rings. The molecule has 20 heavy (non-hydrogen) atoms. The number of nitrogens with zero attached hydrogens (tertiary/aromatic N) is 3. The van der Waals surface area contributed by atoms with Crippen molar-refractivity contribution in [3.63, 3.8) is 0 Å². The van der Waals surface area contributed by atoms with Gasteiger partial charge in [0.15, 0.2) is 5.03 Å². The molecule has 7 heteroatoms. The first kappa shape index (κ1) is 14.7. The summed E-state index contributed by atoms with van der Waals surface area (Å²) in [5.74, 6) is 0. The lowest BCUT2D eigenvalue weighted by Crippen LogP contribution is -2.34. The molecule has 1 aromatic carbocycles. The Bertz CT molecular complexity index is 653. The van der Waals surface area contributed by atoms with E-state index in [0.717, 1.165) is 5.56 Å². The van der Waals surface area contributed by atoms with Crippen LogP contribution in [0.25, 0.3) is 0 Å². The molecule has 6 nitrogen and oxygen atoms in total. The lowest BCUT2D eigenvalue weighted by Gasteiger charge is -2.21. The van der Waals surface area contributed by atoms with E-state index >= 15 is 0 Å². The Hall–Kier alpha value is -1.70. The highest BCUT2D eigenvalue weighted by atomic mass is 32.2. The molecule has 2 rings (SSSR count). The number of hydrogen-bond acceptors (Lipinski definition) is 4. The fraction of sp³-hybridized carbons (Fsp3) is 0.308. The monoisotopic (exact) mass is 295 g/mol. The van der Waals surface area contributed by atoms with Crippen LogP contribution < -0.4 is 0 Å². The second-order valence-corrected chi connectivity index (χ2v) is 6.23. The zero-order valence-electron chi connectivity index (χ0n) is 11.2. The number of hydrogen-bond donors (Lipinski definition) is 1. The van der Waals surface area contributed by atoms with Crippen molar-refractivity contribution in [2.75, 3.05) is 13.2 Å². The van der Waals surface area contributed by atoms with Crippen molar-refractivity contribution >= 4 is 10.0 Å². The summed E-state index contributed by atoms with van der Waals surface area (Å²) in [5.41, 5.74) is 0.867. The molecule has 1 N–H and O–H groups in total. The second kappa shape index (κ2) is 6.17. The molecular weight excluding hydrogens is 278 g/mol. The van der Waals surface area contributed by atoms with Crippen molar-refractivity contribution in [1.82, 2.24) is 14.1 Å². The maximum Gasteiger partial charge on any atom is 0.260 e. The molecule has 0 saturated carbocycles. The second-order valence-electron chi connectivity index (χ2n) is 4.34. The minimum atomic E-state index is -3.67. The summed E-state index contributed by atoms with van der Waals surface area (Å²) in [4.78, 5) is 0. The van der Waals surface area contributed by atoms with Crippen LogP contribution in [0.2, 0.25) is 0 Å². The fourth-order valence-corrected chi connectivity index (χ4v) is 3.45. The van der Waals surface area contributed by atoms with Crippen molar-refractivity contribution in [3.05, 3.63) is 48.2 Å². The molecule has 108 valence electrons. The maximum absolute atomic E-state index is 12.6. The van der Waals surface area contributed by atoms with Gasteiger partial charge >= 0.3 is 0 Å². The van der Waals surface area contributed by atoms with Gasteiger partial charge in [-0.05, 0) is 11.6 Å². The van der Waals surface area contributed by atoms with Crippen LogP contribution in [0.4, 0.5) is 0 Å². The predicted molar refractivity (Wildman–Crippen MR) is 74.3 cm³/mol. The van der Waals surface area contributed by atoms with Gasteiger partial charge in [0.1, 0.15) is 0 Å². The largest absolute Gasteiger partial charge is 0.395 e. The van der Waals surface area contributed by atoms with Crippen molar-refractivity contribution in [2.45, 2.75) is 11.6 Å². The first-order valence-electron chi connectivity index (χ1n) is 6.18. The number of sulfonamides is 1. The van der Waals surface area contributed by atoms with Gasteiger partial charge in [0.05, 0.1) is 12.8 Å². The molecule has 0 radical (unpaired) electrons. The Morgan fingerprint density at radius 3 is 2.50 bits per heavy atom. The van der Waals surface area contributed by atoms with Crippen molar-refractivity contribution in [2.24, 2.45) is 7.05 Å². The van der Waals surface area contributed by atoms with Gasteiger partial charge in [0.25, 0.3) is 10.0 Å². The van der Waals surface area contributed by atoms with E-state index in [1.165, 1.54) is 21.3 Å². The summed E-state index contributed by atoms with van der Waals surface area (Å²) in [7, 11) is -2.10. The SMILES string of the molecule is Cn1nccc1S(=O)(=O)N(CCO)Cc1ccccc1. The van der Waals surface area contributed by atoms with Gasteiger partial charge < -0.3 is 5.11 Å². The number of aliphatic hydroxyl groups is 1. The molecule has 0 unspecified atom stereocenters. The highest BCUT2D eigenvalue weighted by molar-refractivity contribution is 7.89. The van der Waals surface area contributed by atoms with Gasteiger partial charge in [-0.2, -0.15) is 9.40 Å². The minimum Gasteiger partial charge on any atom is -0.395 e. The summed E-state index contributed by atoms with van der Waals surface area (Å²) < 4.78 is 27.7. The van der Waals surface area contributed by atoms with Gasteiger partial charge in [-0.1, -0.05) is 30.3 Å². The number of aryl methyl sites for hydroxylation is 1. The van der Waals surface area contributed by atoms with E-state index in [4.69, 9.17) is 5.11 Å². The Balaban J connectivity index is 2.31. The van der Waals surface area contributed by atoms with Crippen molar-refractivity contribution in [1.29, 1.82) is 0 Å². The molecule has 0 aliphatic carbocycles. The fourth-order valence-electron chi connectivity index (χ4n) is 1.93. The standard InChI is InChI=1S/C13H17N3O3S/c1-15-13(7-8-14-15)20(18,19)16(9-10-17)11-12-5-3-2-4-6-12/h2-8,17H,9-11H2,1H3. The van der Waals surface area contributed by atoms with Gasteiger partial charge in [0.2, 0.25) is 0 Å². The third-order valence-corrected chi connectivity index (χ3v) is 4.85. The van der Waals surface area contributed by atoms with Gasteiger partial charge in [-0.15, -0.1) is 0 Å². The Kier molecular flexibility index (Phi) is 4.53. The van der Waals surface area contributed by atoms with Crippen LogP contribution in [0.3, 0.4) is 0 Å². The minimum absolute atomic E-state index is 0.0441. The van der Waals surface area contributed by atoms with E-state index in [1.54, 1.807) is 7.05 Å². The third kappa shape index (κ3) is 3.06. The Morgan fingerprint density at radius 2 is 1.95 bits per heavy atom. The number of aliphatic hydroxyl groups excluding tert-OH is 1. The molecule has 1 heterocycles. The molecular formula is C13H17N3O3S. The van der Waals surface area contributed by atoms with Gasteiger partial charge in [-0.25, -0.2) is 8.42 Å². The third-order valence-electron chi connectivity index (χ3n) is 2.93. The molecule has 0 bridgehead atoms. The predicted octanol–water partition coefficient (Wildman–Crippen LogP) is 0.603. The Morgan fingerprint density at radius 1 is 1.25 bits per heavy atom. The number of rotatable bonds is 6. The van der Waals surface area contributed by atoms with Gasteiger partial charge in [-0.3, -0.25) is 4.68 Å². The van der Waals surface area contributed by atoms with Crippen LogP contribution in [-0.2, 0) is 23.6 Å². The quantitative estimate of drug-likeness (QED) is 0.847. The van der Waals surface area contributed by atoms with E-state index < -0.39 is 10.0 Å². The zero-order chi connectivity index (χ0) is 14.6. The first-order chi connectivity index (χ1) is 9.55. The maximum atomic E-state index is 12.6. The average Bonchev–Trinajstić information content (AvgIpc) is 2.86. The highest BCUT2D eigenvalue weighted by Crippen LogP contribution is 2.17. The molecule has 1 aromatic heterocycles. The van der Waals surface area contributed by atoms with Crippen LogP contribution in [-0.4, -0.2) is 40.8 Å². The summed E-state index contributed by atoms with van der Waals surface area (Å²) in [6.45, 7) is 0.0290. The normalized spacial score (nSPS) is 11.9. The van der Waals surface area contributed by atoms with Gasteiger partial charge in [0, 0.05) is 20.1 Å². The molecule has 0 saturated heterocycles. The van der Waals surface area contributed by atoms with Crippen LogP contribution in [0.5, 0.6) is 0 Å².